The molecule has 158 valence electrons. The molecule has 28 heavy (non-hydrogen) atoms. The van der Waals surface area contributed by atoms with Crippen molar-refractivity contribution in [3.05, 3.63) is 34.4 Å². The number of ether oxygens (including phenoxy) is 1. The second-order valence-corrected chi connectivity index (χ2v) is 7.00. The minimum atomic E-state index is -0.403. The number of halogens is 1. The number of nitro benzene ring substituents is 1. The van der Waals surface area contributed by atoms with E-state index in [-0.39, 0.29) is 35.2 Å². The molecule has 0 aliphatic carbocycles. The average Bonchev–Trinajstić information content (AvgIpc) is 2.68. The fraction of sp³-hybridized carbons (Fsp3) is 0.611. The van der Waals surface area contributed by atoms with E-state index in [2.05, 4.69) is 39.7 Å². The van der Waals surface area contributed by atoms with Gasteiger partial charge in [-0.3, -0.25) is 20.0 Å². The first-order valence-corrected chi connectivity index (χ1v) is 9.18. The second kappa shape index (κ2) is 12.0. The molecule has 0 bridgehead atoms. The van der Waals surface area contributed by atoms with E-state index in [1.165, 1.54) is 12.1 Å². The van der Waals surface area contributed by atoms with Crippen LogP contribution in [0.2, 0.25) is 0 Å². The third-order valence-corrected chi connectivity index (χ3v) is 4.60. The Morgan fingerprint density at radius 1 is 1.21 bits per heavy atom. The van der Waals surface area contributed by atoms with Crippen LogP contribution in [0.5, 0.6) is 0 Å². The zero-order chi connectivity index (χ0) is 19.7. The molecule has 10 heteroatoms. The molecule has 1 aliphatic heterocycles. The van der Waals surface area contributed by atoms with Crippen molar-refractivity contribution in [3.8, 4) is 0 Å². The van der Waals surface area contributed by atoms with Crippen molar-refractivity contribution in [2.75, 3.05) is 58.3 Å². The fourth-order valence-corrected chi connectivity index (χ4v) is 2.89. The number of aliphatic imine (C=N–C) groups is 1. The van der Waals surface area contributed by atoms with Crippen molar-refractivity contribution >= 4 is 41.3 Å². The van der Waals surface area contributed by atoms with Crippen LogP contribution in [0.3, 0.4) is 0 Å². The van der Waals surface area contributed by atoms with Gasteiger partial charge in [0.05, 0.1) is 18.1 Å². The van der Waals surface area contributed by atoms with Gasteiger partial charge in [0, 0.05) is 63.1 Å². The van der Waals surface area contributed by atoms with Gasteiger partial charge >= 0.3 is 0 Å². The highest BCUT2D eigenvalue weighted by molar-refractivity contribution is 14.0. The first kappa shape index (κ1) is 24.4. The monoisotopic (exact) mass is 506 g/mol. The molecular formula is C18H31IN6O3. The Morgan fingerprint density at radius 2 is 1.86 bits per heavy atom. The zero-order valence-electron chi connectivity index (χ0n) is 16.7. The van der Waals surface area contributed by atoms with Gasteiger partial charge in [-0.05, 0) is 26.0 Å². The SMILES string of the molecule is CN=C(NCCNc1ccc([N+](=O)[O-])cc1)NCC(C)(C)N1CCOCC1.I. The number of non-ortho nitro benzene ring substituents is 1. The van der Waals surface area contributed by atoms with Gasteiger partial charge in [-0.15, -0.1) is 24.0 Å². The summed E-state index contributed by atoms with van der Waals surface area (Å²) in [5, 5.41) is 20.5. The molecule has 0 saturated carbocycles. The first-order valence-electron chi connectivity index (χ1n) is 9.18. The van der Waals surface area contributed by atoms with Crippen molar-refractivity contribution in [3.63, 3.8) is 0 Å². The van der Waals surface area contributed by atoms with Crippen LogP contribution in [0, 0.1) is 10.1 Å². The lowest BCUT2D eigenvalue weighted by Crippen LogP contribution is -2.56. The smallest absolute Gasteiger partial charge is 0.269 e. The van der Waals surface area contributed by atoms with Crippen LogP contribution in [-0.2, 0) is 4.74 Å². The summed E-state index contributed by atoms with van der Waals surface area (Å²) in [5.74, 6) is 0.752. The molecule has 3 N–H and O–H groups in total. The Labute approximate surface area is 183 Å². The summed E-state index contributed by atoms with van der Waals surface area (Å²) in [6.45, 7) is 10.0. The molecule has 0 amide bonds. The number of nitrogens with zero attached hydrogens (tertiary/aromatic N) is 3. The van der Waals surface area contributed by atoms with Crippen LogP contribution in [0.25, 0.3) is 0 Å². The Bertz CT molecular complexity index is 633. The molecule has 0 aromatic heterocycles. The van der Waals surface area contributed by atoms with E-state index < -0.39 is 4.92 Å². The van der Waals surface area contributed by atoms with E-state index in [0.717, 1.165) is 44.5 Å². The summed E-state index contributed by atoms with van der Waals surface area (Å²) in [5.41, 5.74) is 0.947. The summed E-state index contributed by atoms with van der Waals surface area (Å²) in [4.78, 5) is 16.9. The van der Waals surface area contributed by atoms with Gasteiger partial charge < -0.3 is 20.7 Å². The largest absolute Gasteiger partial charge is 0.383 e. The molecule has 0 atom stereocenters. The fourth-order valence-electron chi connectivity index (χ4n) is 2.89. The number of morpholine rings is 1. The number of rotatable bonds is 8. The Hall–Kier alpha value is -1.66. The molecule has 0 spiro atoms. The number of anilines is 1. The maximum absolute atomic E-state index is 10.7. The summed E-state index contributed by atoms with van der Waals surface area (Å²) in [6, 6.07) is 6.39. The molecule has 9 nitrogen and oxygen atoms in total. The van der Waals surface area contributed by atoms with Gasteiger partial charge in [-0.1, -0.05) is 0 Å². The molecule has 0 radical (unpaired) electrons. The number of nitrogens with one attached hydrogen (secondary N) is 3. The van der Waals surface area contributed by atoms with Crippen LogP contribution < -0.4 is 16.0 Å². The van der Waals surface area contributed by atoms with Crippen molar-refractivity contribution < 1.29 is 9.66 Å². The van der Waals surface area contributed by atoms with Gasteiger partial charge in [0.1, 0.15) is 0 Å². The highest BCUT2D eigenvalue weighted by atomic mass is 127. The molecule has 1 aliphatic rings. The minimum Gasteiger partial charge on any atom is -0.383 e. The van der Waals surface area contributed by atoms with Gasteiger partial charge in [0.15, 0.2) is 5.96 Å². The maximum Gasteiger partial charge on any atom is 0.269 e. The van der Waals surface area contributed by atoms with Crippen LogP contribution in [0.15, 0.2) is 29.3 Å². The summed E-state index contributed by atoms with van der Waals surface area (Å²) < 4.78 is 5.42. The molecule has 0 unspecified atom stereocenters. The van der Waals surface area contributed by atoms with Crippen LogP contribution in [0.1, 0.15) is 13.8 Å². The van der Waals surface area contributed by atoms with E-state index in [9.17, 15) is 10.1 Å². The van der Waals surface area contributed by atoms with Gasteiger partial charge in [-0.2, -0.15) is 0 Å². The van der Waals surface area contributed by atoms with Crippen LogP contribution in [-0.4, -0.2) is 74.3 Å². The third-order valence-electron chi connectivity index (χ3n) is 4.60. The summed E-state index contributed by atoms with van der Waals surface area (Å²) >= 11 is 0. The third kappa shape index (κ3) is 7.76. The maximum atomic E-state index is 10.7. The van der Waals surface area contributed by atoms with E-state index >= 15 is 0 Å². The Kier molecular flexibility index (Phi) is 10.5. The minimum absolute atomic E-state index is 0. The summed E-state index contributed by atoms with van der Waals surface area (Å²) in [6.07, 6.45) is 0. The van der Waals surface area contributed by atoms with Gasteiger partial charge in [0.2, 0.25) is 0 Å². The number of guanidine groups is 1. The zero-order valence-corrected chi connectivity index (χ0v) is 19.1. The Morgan fingerprint density at radius 3 is 2.43 bits per heavy atom. The van der Waals surface area contributed by atoms with Crippen LogP contribution >= 0.6 is 24.0 Å². The van der Waals surface area contributed by atoms with Crippen molar-refractivity contribution in [1.82, 2.24) is 15.5 Å². The molecule has 1 fully saturated rings. The molecule has 1 heterocycles. The quantitative estimate of drug-likeness (QED) is 0.124. The van der Waals surface area contributed by atoms with Crippen molar-refractivity contribution in [1.29, 1.82) is 0 Å². The lowest BCUT2D eigenvalue weighted by atomic mass is 10.0. The standard InChI is InChI=1S/C18H30N6O3.HI/c1-18(2,23-10-12-27-13-11-23)14-22-17(19-3)21-9-8-20-15-4-6-16(7-5-15)24(25)26;/h4-7,20H,8-14H2,1-3H3,(H2,19,21,22);1H. The molecule has 1 aromatic rings. The van der Waals surface area contributed by atoms with Gasteiger partial charge in [-0.25, -0.2) is 0 Å². The van der Waals surface area contributed by atoms with Crippen LogP contribution in [0.4, 0.5) is 11.4 Å². The number of benzene rings is 1. The Balaban J connectivity index is 0.00000392. The highest BCUT2D eigenvalue weighted by Crippen LogP contribution is 2.15. The molecule has 1 aromatic carbocycles. The van der Waals surface area contributed by atoms with E-state index in [1.807, 2.05) is 0 Å². The molecule has 2 rings (SSSR count). The average molecular weight is 506 g/mol. The van der Waals surface area contributed by atoms with Crippen molar-refractivity contribution in [2.45, 2.75) is 19.4 Å². The van der Waals surface area contributed by atoms with E-state index in [4.69, 9.17) is 4.74 Å². The number of nitro groups is 1. The normalized spacial score (nSPS) is 15.5. The van der Waals surface area contributed by atoms with Gasteiger partial charge in [0.25, 0.3) is 5.69 Å². The lowest BCUT2D eigenvalue weighted by Gasteiger charge is -2.41. The predicted molar refractivity (Wildman–Crippen MR) is 123 cm³/mol. The predicted octanol–water partition coefficient (Wildman–Crippen LogP) is 1.90. The second-order valence-electron chi connectivity index (χ2n) is 7.00. The highest BCUT2D eigenvalue weighted by Gasteiger charge is 2.28. The molecule has 1 saturated heterocycles. The van der Waals surface area contributed by atoms with Crippen molar-refractivity contribution in [2.24, 2.45) is 4.99 Å². The first-order chi connectivity index (χ1) is 12.9. The van der Waals surface area contributed by atoms with E-state index in [1.54, 1.807) is 19.2 Å². The number of hydrogen-bond donors (Lipinski definition) is 3. The molecular weight excluding hydrogens is 475 g/mol. The van der Waals surface area contributed by atoms with E-state index in [0.29, 0.717) is 13.1 Å². The lowest BCUT2D eigenvalue weighted by molar-refractivity contribution is -0.384. The number of hydrogen-bond acceptors (Lipinski definition) is 6. The topological polar surface area (TPSA) is 104 Å². The summed E-state index contributed by atoms with van der Waals surface area (Å²) in [7, 11) is 1.75.